The highest BCUT2D eigenvalue weighted by Gasteiger charge is 2.21. The Kier molecular flexibility index (Phi) is 2.87. The van der Waals surface area contributed by atoms with Crippen molar-refractivity contribution in [3.8, 4) is 17.0 Å². The van der Waals surface area contributed by atoms with E-state index in [0.717, 1.165) is 5.56 Å². The fraction of sp³-hybridized carbons (Fsp3) is 0.308. The molecule has 0 aliphatic carbocycles. The maximum atomic E-state index is 9.90. The molecule has 2 rings (SSSR count). The molecule has 1 heterocycles. The van der Waals surface area contributed by atoms with E-state index in [2.05, 4.69) is 5.10 Å². The van der Waals surface area contributed by atoms with Crippen LogP contribution < -0.4 is 0 Å². The second-order valence-electron chi connectivity index (χ2n) is 4.97. The number of hydrogen-bond donors (Lipinski definition) is 1. The summed E-state index contributed by atoms with van der Waals surface area (Å²) < 4.78 is 1.81. The van der Waals surface area contributed by atoms with Crippen molar-refractivity contribution in [2.24, 2.45) is 0 Å². The number of nitrogens with zero attached hydrogens (tertiary/aromatic N) is 2. The third kappa shape index (κ3) is 2.29. The van der Waals surface area contributed by atoms with Crippen molar-refractivity contribution in [1.29, 1.82) is 0 Å². The van der Waals surface area contributed by atoms with E-state index in [1.165, 1.54) is 6.20 Å². The first-order chi connectivity index (χ1) is 7.89. The Morgan fingerprint density at radius 1 is 1.18 bits per heavy atom. The molecule has 1 aromatic carbocycles. The van der Waals surface area contributed by atoms with E-state index in [9.17, 15) is 5.11 Å². The maximum absolute atomic E-state index is 9.90. The van der Waals surface area contributed by atoms with Gasteiger partial charge in [-0.1, -0.05) is 23.7 Å². The summed E-state index contributed by atoms with van der Waals surface area (Å²) in [6.07, 6.45) is 1.47. The van der Waals surface area contributed by atoms with Crippen LogP contribution in [0.15, 0.2) is 30.5 Å². The number of benzene rings is 1. The molecule has 0 aliphatic heterocycles. The van der Waals surface area contributed by atoms with Gasteiger partial charge in [0.25, 0.3) is 0 Å². The first-order valence-electron chi connectivity index (χ1n) is 5.43. The molecular formula is C13H15ClN2O. The summed E-state index contributed by atoms with van der Waals surface area (Å²) in [5, 5.41) is 14.8. The highest BCUT2D eigenvalue weighted by Crippen LogP contribution is 2.33. The van der Waals surface area contributed by atoms with Gasteiger partial charge in [0, 0.05) is 10.6 Å². The van der Waals surface area contributed by atoms with Gasteiger partial charge in [0.2, 0.25) is 0 Å². The zero-order valence-corrected chi connectivity index (χ0v) is 10.9. The molecule has 0 saturated carbocycles. The number of aromatic nitrogens is 2. The van der Waals surface area contributed by atoms with Gasteiger partial charge >= 0.3 is 0 Å². The van der Waals surface area contributed by atoms with E-state index in [0.29, 0.717) is 10.7 Å². The quantitative estimate of drug-likeness (QED) is 0.839. The highest BCUT2D eigenvalue weighted by molar-refractivity contribution is 6.30. The van der Waals surface area contributed by atoms with Crippen molar-refractivity contribution in [1.82, 2.24) is 9.78 Å². The minimum Gasteiger partial charge on any atom is -0.504 e. The van der Waals surface area contributed by atoms with Crippen LogP contribution in [-0.2, 0) is 5.54 Å². The van der Waals surface area contributed by atoms with E-state index < -0.39 is 0 Å². The van der Waals surface area contributed by atoms with Crippen molar-refractivity contribution in [3.63, 3.8) is 0 Å². The molecule has 0 fully saturated rings. The Labute approximate surface area is 106 Å². The molecule has 4 heteroatoms. The highest BCUT2D eigenvalue weighted by atomic mass is 35.5. The molecule has 0 spiro atoms. The van der Waals surface area contributed by atoms with Gasteiger partial charge in [-0.15, -0.1) is 0 Å². The van der Waals surface area contributed by atoms with Gasteiger partial charge in [-0.05, 0) is 32.9 Å². The van der Waals surface area contributed by atoms with Crippen LogP contribution in [0.4, 0.5) is 0 Å². The van der Waals surface area contributed by atoms with Gasteiger partial charge in [0.15, 0.2) is 5.75 Å². The molecule has 17 heavy (non-hydrogen) atoms. The van der Waals surface area contributed by atoms with Crippen LogP contribution in [0.2, 0.25) is 5.02 Å². The van der Waals surface area contributed by atoms with E-state index in [-0.39, 0.29) is 11.3 Å². The van der Waals surface area contributed by atoms with E-state index in [1.54, 1.807) is 12.1 Å². The number of rotatable bonds is 1. The van der Waals surface area contributed by atoms with E-state index in [1.807, 2.05) is 37.6 Å². The molecule has 90 valence electrons. The van der Waals surface area contributed by atoms with E-state index in [4.69, 9.17) is 11.6 Å². The molecule has 0 atom stereocenters. The first-order valence-corrected chi connectivity index (χ1v) is 5.81. The SMILES string of the molecule is CC(C)(C)n1ncc(O)c1-c1ccc(Cl)cc1. The fourth-order valence-corrected chi connectivity index (χ4v) is 1.85. The second-order valence-corrected chi connectivity index (χ2v) is 5.40. The predicted octanol–water partition coefficient (Wildman–Crippen LogP) is 3.66. The van der Waals surface area contributed by atoms with Crippen LogP contribution in [0, 0.1) is 0 Å². The lowest BCUT2D eigenvalue weighted by Crippen LogP contribution is -2.23. The summed E-state index contributed by atoms with van der Waals surface area (Å²) in [7, 11) is 0. The summed E-state index contributed by atoms with van der Waals surface area (Å²) in [4.78, 5) is 0. The normalized spacial score (nSPS) is 11.8. The smallest absolute Gasteiger partial charge is 0.161 e. The molecule has 1 N–H and O–H groups in total. The van der Waals surface area contributed by atoms with Gasteiger partial charge in [-0.25, -0.2) is 0 Å². The third-order valence-corrected chi connectivity index (χ3v) is 2.75. The minimum atomic E-state index is -0.185. The summed E-state index contributed by atoms with van der Waals surface area (Å²) in [6.45, 7) is 6.12. The second kappa shape index (κ2) is 4.08. The van der Waals surface area contributed by atoms with E-state index >= 15 is 0 Å². The van der Waals surface area contributed by atoms with Crippen molar-refractivity contribution in [3.05, 3.63) is 35.5 Å². The number of hydrogen-bond acceptors (Lipinski definition) is 2. The maximum Gasteiger partial charge on any atom is 0.161 e. The molecule has 0 radical (unpaired) electrons. The Morgan fingerprint density at radius 3 is 2.29 bits per heavy atom. The van der Waals surface area contributed by atoms with Crippen LogP contribution in [0.25, 0.3) is 11.3 Å². The molecule has 1 aromatic heterocycles. The van der Waals surface area contributed by atoms with Gasteiger partial charge in [0.05, 0.1) is 11.7 Å². The molecule has 0 saturated heterocycles. The summed E-state index contributed by atoms with van der Waals surface area (Å²) >= 11 is 5.86. The monoisotopic (exact) mass is 250 g/mol. The Morgan fingerprint density at radius 2 is 1.76 bits per heavy atom. The van der Waals surface area contributed by atoms with Gasteiger partial charge in [0.1, 0.15) is 5.69 Å². The van der Waals surface area contributed by atoms with Crippen LogP contribution >= 0.6 is 11.6 Å². The van der Waals surface area contributed by atoms with Crippen molar-refractivity contribution in [2.45, 2.75) is 26.3 Å². The Bertz CT molecular complexity index is 523. The molecule has 0 aliphatic rings. The average molecular weight is 251 g/mol. The zero-order valence-electron chi connectivity index (χ0n) is 10.1. The lowest BCUT2D eigenvalue weighted by molar-refractivity contribution is 0.358. The van der Waals surface area contributed by atoms with Gasteiger partial charge in [-0.3, -0.25) is 4.68 Å². The summed E-state index contributed by atoms with van der Waals surface area (Å²) in [6, 6.07) is 7.36. The Hall–Kier alpha value is -1.48. The topological polar surface area (TPSA) is 38.0 Å². The van der Waals surface area contributed by atoms with Crippen molar-refractivity contribution in [2.75, 3.05) is 0 Å². The molecule has 0 unspecified atom stereocenters. The molecular weight excluding hydrogens is 236 g/mol. The minimum absolute atomic E-state index is 0.183. The fourth-order valence-electron chi connectivity index (χ4n) is 1.73. The van der Waals surface area contributed by atoms with Gasteiger partial charge < -0.3 is 5.11 Å². The molecule has 0 amide bonds. The predicted molar refractivity (Wildman–Crippen MR) is 69.3 cm³/mol. The third-order valence-electron chi connectivity index (χ3n) is 2.50. The van der Waals surface area contributed by atoms with Crippen molar-refractivity contribution < 1.29 is 5.11 Å². The van der Waals surface area contributed by atoms with Crippen LogP contribution in [0.5, 0.6) is 5.75 Å². The number of halogens is 1. The van der Waals surface area contributed by atoms with Crippen molar-refractivity contribution >= 4 is 11.6 Å². The summed E-state index contributed by atoms with van der Waals surface area (Å²) in [5.74, 6) is 0.183. The van der Waals surface area contributed by atoms with Crippen LogP contribution in [-0.4, -0.2) is 14.9 Å². The average Bonchev–Trinajstić information content (AvgIpc) is 2.61. The molecule has 0 bridgehead atoms. The number of aromatic hydroxyl groups is 1. The van der Waals surface area contributed by atoms with Crippen LogP contribution in [0.3, 0.4) is 0 Å². The van der Waals surface area contributed by atoms with Gasteiger partial charge in [-0.2, -0.15) is 5.10 Å². The zero-order chi connectivity index (χ0) is 12.6. The molecule has 2 aromatic rings. The standard InChI is InChI=1S/C13H15ClN2O/c1-13(2,3)16-12(11(17)8-15-16)9-4-6-10(14)7-5-9/h4-8,17H,1-3H3. The summed E-state index contributed by atoms with van der Waals surface area (Å²) in [5.41, 5.74) is 1.43. The van der Waals surface area contributed by atoms with Crippen LogP contribution in [0.1, 0.15) is 20.8 Å². The lowest BCUT2D eigenvalue weighted by atomic mass is 10.1. The first kappa shape index (κ1) is 12.0. The molecule has 3 nitrogen and oxygen atoms in total. The lowest BCUT2D eigenvalue weighted by Gasteiger charge is -2.22. The Balaban J connectivity index is 2.59. The largest absolute Gasteiger partial charge is 0.504 e.